The fourth-order valence-electron chi connectivity index (χ4n) is 7.18. The fraction of sp³-hybridized carbons (Fsp3) is 0.250. The maximum Gasteiger partial charge on any atom is 0.323 e. The van der Waals surface area contributed by atoms with Gasteiger partial charge < -0.3 is 23.8 Å². The molecule has 2 fully saturated rings. The predicted molar refractivity (Wildman–Crippen MR) is 166 cm³/mol. The van der Waals surface area contributed by atoms with E-state index in [-0.39, 0.29) is 18.3 Å². The number of para-hydroxylation sites is 2. The quantitative estimate of drug-likeness (QED) is 0.244. The standard InChI is InChI=1S/C36H32N2O7/c1-42-24-19-17-23(18-20-24)38-30(31(34(38)40)45-25-13-7-4-8-14-25)32-36(21-44-27-16-10-9-15-26(27)33(36)39)28(22-11-5-3-6-12-22)29(37-32)35(41)43-2/h3-20,28-32,37H,21H2,1-2H3/t28-,29+,30+,31-,32+,36+/m0/s1. The van der Waals surface area contributed by atoms with E-state index in [2.05, 4.69) is 5.32 Å². The Labute approximate surface area is 260 Å². The number of anilines is 1. The van der Waals surface area contributed by atoms with E-state index in [0.717, 1.165) is 5.56 Å². The highest BCUT2D eigenvalue weighted by Crippen LogP contribution is 2.55. The molecule has 0 aliphatic carbocycles. The third-order valence-electron chi connectivity index (χ3n) is 9.22. The molecule has 3 aliphatic rings. The number of hydrogen-bond donors (Lipinski definition) is 1. The molecule has 2 saturated heterocycles. The number of hydrogen-bond acceptors (Lipinski definition) is 8. The maximum atomic E-state index is 15.0. The summed E-state index contributed by atoms with van der Waals surface area (Å²) in [7, 11) is 2.91. The zero-order chi connectivity index (χ0) is 31.1. The van der Waals surface area contributed by atoms with Gasteiger partial charge in [0.15, 0.2) is 11.9 Å². The van der Waals surface area contributed by atoms with E-state index < -0.39 is 41.5 Å². The summed E-state index contributed by atoms with van der Waals surface area (Å²) in [6.45, 7) is -0.0211. The normalized spacial score (nSPS) is 26.9. The molecule has 9 heteroatoms. The van der Waals surface area contributed by atoms with Crippen LogP contribution in [0.5, 0.6) is 17.2 Å². The minimum atomic E-state index is -1.32. The van der Waals surface area contributed by atoms with Crippen molar-refractivity contribution < 1.29 is 33.3 Å². The van der Waals surface area contributed by atoms with Crippen molar-refractivity contribution in [3.8, 4) is 17.2 Å². The number of fused-ring (bicyclic) bond motifs is 1. The summed E-state index contributed by atoms with van der Waals surface area (Å²) >= 11 is 0. The van der Waals surface area contributed by atoms with E-state index in [1.807, 2.05) is 54.6 Å². The van der Waals surface area contributed by atoms with Crippen LogP contribution in [0.1, 0.15) is 21.8 Å². The van der Waals surface area contributed by atoms with Gasteiger partial charge in [0.2, 0.25) is 0 Å². The molecule has 6 atom stereocenters. The zero-order valence-electron chi connectivity index (χ0n) is 24.8. The van der Waals surface area contributed by atoms with Crippen molar-refractivity contribution in [3.63, 3.8) is 0 Å². The smallest absolute Gasteiger partial charge is 0.323 e. The number of carbonyl (C=O) groups is 3. The van der Waals surface area contributed by atoms with Gasteiger partial charge in [-0.2, -0.15) is 0 Å². The van der Waals surface area contributed by atoms with Crippen LogP contribution in [0.3, 0.4) is 0 Å². The second kappa shape index (κ2) is 11.4. The van der Waals surface area contributed by atoms with Gasteiger partial charge in [0.1, 0.15) is 29.9 Å². The Hall–Kier alpha value is -5.15. The molecule has 0 saturated carbocycles. The number of β-lactam (4-membered cyclic amide) rings is 1. The average molecular weight is 605 g/mol. The SMILES string of the molecule is COC(=O)[C@@H]1N[C@H]([C@H]2[C@H](Oc3ccccc3)C(=O)N2c2ccc(OC)cc2)[C@@]2(COc3ccccc3C2=O)[C@H]1c1ccccc1. The van der Waals surface area contributed by atoms with Gasteiger partial charge in [0.25, 0.3) is 5.91 Å². The molecule has 0 radical (unpaired) electrons. The Morgan fingerprint density at radius 1 is 0.844 bits per heavy atom. The Bertz CT molecular complexity index is 1730. The van der Waals surface area contributed by atoms with Crippen molar-refractivity contribution in [2.45, 2.75) is 30.1 Å². The average Bonchev–Trinajstić information content (AvgIpc) is 3.43. The molecule has 0 bridgehead atoms. The predicted octanol–water partition coefficient (Wildman–Crippen LogP) is 4.42. The number of rotatable bonds is 7. The van der Waals surface area contributed by atoms with Gasteiger partial charge in [-0.15, -0.1) is 0 Å². The maximum absolute atomic E-state index is 15.0. The summed E-state index contributed by atoms with van der Waals surface area (Å²) < 4.78 is 23.4. The third-order valence-corrected chi connectivity index (χ3v) is 9.22. The molecule has 45 heavy (non-hydrogen) atoms. The number of esters is 1. The molecule has 4 aromatic rings. The van der Waals surface area contributed by atoms with Crippen LogP contribution in [0.4, 0.5) is 5.69 Å². The summed E-state index contributed by atoms with van der Waals surface area (Å²) in [6.07, 6.45) is -0.957. The molecule has 0 unspecified atom stereocenters. The largest absolute Gasteiger partial charge is 0.497 e. The first-order valence-corrected chi connectivity index (χ1v) is 14.8. The van der Waals surface area contributed by atoms with Crippen LogP contribution in [-0.4, -0.2) is 62.7 Å². The summed E-state index contributed by atoms with van der Waals surface area (Å²) in [5.41, 5.74) is 0.492. The van der Waals surface area contributed by atoms with E-state index in [1.165, 1.54) is 7.11 Å². The van der Waals surface area contributed by atoms with Crippen LogP contribution >= 0.6 is 0 Å². The molecule has 1 amide bonds. The number of carbonyl (C=O) groups excluding carboxylic acids is 3. The number of amides is 1. The molecule has 4 aromatic carbocycles. The fourth-order valence-corrected chi connectivity index (χ4v) is 7.18. The number of nitrogens with one attached hydrogen (secondary N) is 1. The summed E-state index contributed by atoms with van der Waals surface area (Å²) in [4.78, 5) is 44.2. The molecule has 1 spiro atoms. The molecule has 1 N–H and O–H groups in total. The summed E-state index contributed by atoms with van der Waals surface area (Å²) in [5.74, 6) is 0.000394. The van der Waals surface area contributed by atoms with Gasteiger partial charge in [0, 0.05) is 17.6 Å². The highest BCUT2D eigenvalue weighted by atomic mass is 16.5. The lowest BCUT2D eigenvalue weighted by molar-refractivity contribution is -0.143. The van der Waals surface area contributed by atoms with Crippen LogP contribution in [0.15, 0.2) is 109 Å². The number of ether oxygens (including phenoxy) is 4. The molecule has 0 aromatic heterocycles. The van der Waals surface area contributed by atoms with Gasteiger partial charge >= 0.3 is 5.97 Å². The lowest BCUT2D eigenvalue weighted by Crippen LogP contribution is -2.76. The first-order chi connectivity index (χ1) is 22.0. The molecule has 9 nitrogen and oxygen atoms in total. The highest BCUT2D eigenvalue weighted by molar-refractivity contribution is 6.09. The molecule has 3 aliphatic heterocycles. The van der Waals surface area contributed by atoms with E-state index in [9.17, 15) is 14.4 Å². The number of methoxy groups -OCH3 is 2. The van der Waals surface area contributed by atoms with Crippen LogP contribution in [0, 0.1) is 5.41 Å². The van der Waals surface area contributed by atoms with Gasteiger partial charge in [-0.05, 0) is 54.1 Å². The van der Waals surface area contributed by atoms with Crippen LogP contribution < -0.4 is 24.4 Å². The van der Waals surface area contributed by atoms with E-state index in [0.29, 0.717) is 28.5 Å². The first-order valence-electron chi connectivity index (χ1n) is 14.8. The Kier molecular flexibility index (Phi) is 7.25. The molecule has 3 heterocycles. The van der Waals surface area contributed by atoms with Crippen molar-refractivity contribution in [2.75, 3.05) is 25.7 Å². The molecular formula is C36H32N2O7. The van der Waals surface area contributed by atoms with Crippen molar-refractivity contribution in [3.05, 3.63) is 120 Å². The van der Waals surface area contributed by atoms with Crippen LogP contribution in [-0.2, 0) is 14.3 Å². The number of benzene rings is 4. The Balaban J connectivity index is 1.42. The molecular weight excluding hydrogens is 572 g/mol. The highest BCUT2D eigenvalue weighted by Gasteiger charge is 2.70. The lowest BCUT2D eigenvalue weighted by Gasteiger charge is -2.53. The van der Waals surface area contributed by atoms with Gasteiger partial charge in [-0.25, -0.2) is 0 Å². The van der Waals surface area contributed by atoms with Gasteiger partial charge in [-0.1, -0.05) is 60.7 Å². The summed E-state index contributed by atoms with van der Waals surface area (Å²) in [6, 6.07) is 30.4. The van der Waals surface area contributed by atoms with Gasteiger partial charge in [0.05, 0.1) is 31.2 Å². The van der Waals surface area contributed by atoms with E-state index >= 15 is 0 Å². The van der Waals surface area contributed by atoms with Crippen molar-refractivity contribution in [1.29, 1.82) is 0 Å². The van der Waals surface area contributed by atoms with E-state index in [4.69, 9.17) is 18.9 Å². The molecule has 228 valence electrons. The van der Waals surface area contributed by atoms with E-state index in [1.54, 1.807) is 66.6 Å². The minimum Gasteiger partial charge on any atom is -0.497 e. The monoisotopic (exact) mass is 604 g/mol. The van der Waals surface area contributed by atoms with Crippen molar-refractivity contribution in [2.24, 2.45) is 5.41 Å². The van der Waals surface area contributed by atoms with Crippen molar-refractivity contribution in [1.82, 2.24) is 5.32 Å². The second-order valence-corrected chi connectivity index (χ2v) is 11.4. The van der Waals surface area contributed by atoms with Crippen LogP contribution in [0.25, 0.3) is 0 Å². The van der Waals surface area contributed by atoms with Crippen molar-refractivity contribution >= 4 is 23.3 Å². The number of nitrogens with zero attached hydrogens (tertiary/aromatic N) is 1. The second-order valence-electron chi connectivity index (χ2n) is 11.4. The third kappa shape index (κ3) is 4.54. The Morgan fingerprint density at radius 2 is 1.51 bits per heavy atom. The first kappa shape index (κ1) is 28.6. The van der Waals surface area contributed by atoms with Gasteiger partial charge in [-0.3, -0.25) is 19.7 Å². The topological polar surface area (TPSA) is 103 Å². The molecule has 7 rings (SSSR count). The minimum absolute atomic E-state index is 0.0211. The van der Waals surface area contributed by atoms with Crippen LogP contribution in [0.2, 0.25) is 0 Å². The lowest BCUT2D eigenvalue weighted by atomic mass is 9.61. The number of Topliss-reactive ketones (excluding diaryl/α,β-unsaturated/α-hetero) is 1. The Morgan fingerprint density at radius 3 is 2.20 bits per heavy atom. The zero-order valence-corrected chi connectivity index (χ0v) is 24.8. The number of ketones is 1. The summed E-state index contributed by atoms with van der Waals surface area (Å²) in [5, 5.41) is 3.50.